The second-order valence-electron chi connectivity index (χ2n) is 24.3. The number of aryl methyl sites for hydroxylation is 1. The summed E-state index contributed by atoms with van der Waals surface area (Å²) in [5, 5.41) is 1.41. The van der Waals surface area contributed by atoms with Crippen molar-refractivity contribution in [1.29, 1.82) is 0 Å². The van der Waals surface area contributed by atoms with Crippen LogP contribution in [0.25, 0.3) is 10.1 Å². The Morgan fingerprint density at radius 3 is 1.63 bits per heavy atom. The molecule has 0 bridgehead atoms. The largest absolute Gasteiger partial charge is 0.311 e. The standard InChI is InChI=1S/C58H69BN2S/c1-16-35-29-47-50-48(30-35)61(39-22-23-41-42(32-39)56(10,11)26-25-55(41,8)9)51-40-33-43-44(58(14,15)28-27-57(43,12)13)34-49(40)62-52(51)59(50)45-31-37(54(5,6)7)19-24-46(45)60(47)38-20-17-36(18-21-38)53(2,3)4/h17-24,29-34H,16,25-28H2,1-15H3. The van der Waals surface area contributed by atoms with E-state index in [9.17, 15) is 0 Å². The number of fused-ring (bicyclic) bond motifs is 8. The van der Waals surface area contributed by atoms with E-state index in [1.54, 1.807) is 5.56 Å². The van der Waals surface area contributed by atoms with Crippen LogP contribution in [0.4, 0.5) is 34.1 Å². The highest BCUT2D eigenvalue weighted by molar-refractivity contribution is 7.33. The summed E-state index contributed by atoms with van der Waals surface area (Å²) in [4.78, 5) is 5.36. The van der Waals surface area contributed by atoms with Crippen LogP contribution in [0.3, 0.4) is 0 Å². The molecule has 0 N–H and O–H groups in total. The first-order chi connectivity index (χ1) is 28.9. The first-order valence-corrected chi connectivity index (χ1v) is 24.5. The van der Waals surface area contributed by atoms with Gasteiger partial charge >= 0.3 is 0 Å². The number of benzene rings is 5. The predicted molar refractivity (Wildman–Crippen MR) is 273 cm³/mol. The van der Waals surface area contributed by atoms with E-state index in [1.807, 2.05) is 0 Å². The Labute approximate surface area is 378 Å². The summed E-state index contributed by atoms with van der Waals surface area (Å²) in [6.45, 7) is 36.3. The quantitative estimate of drug-likeness (QED) is 0.164. The van der Waals surface area contributed by atoms with Crippen LogP contribution in [0.15, 0.2) is 84.9 Å². The van der Waals surface area contributed by atoms with Crippen LogP contribution < -0.4 is 25.5 Å². The average molecular weight is 837 g/mol. The minimum Gasteiger partial charge on any atom is -0.311 e. The summed E-state index contributed by atoms with van der Waals surface area (Å²) in [6.07, 6.45) is 5.78. The second kappa shape index (κ2) is 13.4. The van der Waals surface area contributed by atoms with Gasteiger partial charge < -0.3 is 9.80 Å². The van der Waals surface area contributed by atoms with E-state index >= 15 is 0 Å². The molecule has 4 aliphatic rings. The molecule has 4 heteroatoms. The van der Waals surface area contributed by atoms with Crippen LogP contribution in [0.2, 0.25) is 0 Å². The molecule has 320 valence electrons. The molecule has 2 nitrogen and oxygen atoms in total. The third-order valence-electron chi connectivity index (χ3n) is 16.1. The van der Waals surface area contributed by atoms with Crippen LogP contribution in [0.1, 0.15) is 168 Å². The Balaban J connectivity index is 1.34. The zero-order chi connectivity index (χ0) is 44.3. The highest BCUT2D eigenvalue weighted by atomic mass is 32.1. The first-order valence-electron chi connectivity index (χ1n) is 23.7. The van der Waals surface area contributed by atoms with Crippen molar-refractivity contribution in [3.63, 3.8) is 0 Å². The van der Waals surface area contributed by atoms with Crippen molar-refractivity contribution in [2.75, 3.05) is 9.80 Å². The minimum atomic E-state index is 0.00696. The van der Waals surface area contributed by atoms with Crippen molar-refractivity contribution in [2.45, 2.75) is 168 Å². The molecule has 6 aromatic rings. The van der Waals surface area contributed by atoms with Gasteiger partial charge in [0.15, 0.2) is 0 Å². The lowest BCUT2D eigenvalue weighted by atomic mass is 9.36. The maximum Gasteiger partial charge on any atom is 0.264 e. The molecule has 0 atom stereocenters. The molecular formula is C58H69BN2S. The number of rotatable bonds is 3. The SMILES string of the molecule is CCc1cc2c3c(c1)N(c1ccc4c(c1)C(C)(C)CCC4(C)C)c1c(sc4cc5c(cc14)C(C)(C)CCC5(C)C)B3c1cc(C(C)(C)C)ccc1N2c1ccc(C(C)(C)C)cc1. The summed E-state index contributed by atoms with van der Waals surface area (Å²) in [6, 6.07) is 34.9. The molecule has 0 unspecified atom stereocenters. The molecule has 0 spiro atoms. The van der Waals surface area contributed by atoms with Gasteiger partial charge in [0.1, 0.15) is 0 Å². The monoisotopic (exact) mass is 837 g/mol. The van der Waals surface area contributed by atoms with Gasteiger partial charge in [0.2, 0.25) is 0 Å². The lowest BCUT2D eigenvalue weighted by Crippen LogP contribution is -2.60. The van der Waals surface area contributed by atoms with Gasteiger partial charge in [-0.1, -0.05) is 134 Å². The predicted octanol–water partition coefficient (Wildman–Crippen LogP) is 14.8. The van der Waals surface area contributed by atoms with Crippen molar-refractivity contribution in [3.8, 4) is 0 Å². The van der Waals surface area contributed by atoms with Crippen molar-refractivity contribution >= 4 is 78.0 Å². The van der Waals surface area contributed by atoms with Crippen LogP contribution in [0, 0.1) is 0 Å². The van der Waals surface area contributed by atoms with E-state index in [0.717, 1.165) is 6.42 Å². The van der Waals surface area contributed by atoms with Gasteiger partial charge in [-0.3, -0.25) is 0 Å². The molecule has 0 radical (unpaired) electrons. The molecule has 0 saturated carbocycles. The van der Waals surface area contributed by atoms with E-state index in [2.05, 4.69) is 210 Å². The van der Waals surface area contributed by atoms with Gasteiger partial charge in [0.25, 0.3) is 6.71 Å². The van der Waals surface area contributed by atoms with E-state index in [-0.39, 0.29) is 39.2 Å². The Morgan fingerprint density at radius 2 is 1.05 bits per heavy atom. The number of hydrogen-bond donors (Lipinski definition) is 0. The van der Waals surface area contributed by atoms with Gasteiger partial charge in [0, 0.05) is 43.3 Å². The Morgan fingerprint density at radius 1 is 0.532 bits per heavy atom. The lowest BCUT2D eigenvalue weighted by molar-refractivity contribution is 0.332. The van der Waals surface area contributed by atoms with Crippen molar-refractivity contribution in [3.05, 3.63) is 124 Å². The highest BCUT2D eigenvalue weighted by Crippen LogP contribution is 2.54. The molecule has 2 aliphatic heterocycles. The van der Waals surface area contributed by atoms with Gasteiger partial charge in [0.05, 0.1) is 5.69 Å². The fourth-order valence-electron chi connectivity index (χ4n) is 11.6. The fourth-order valence-corrected chi connectivity index (χ4v) is 13.0. The molecule has 1 aromatic heterocycles. The average Bonchev–Trinajstić information content (AvgIpc) is 3.58. The number of hydrogen-bond acceptors (Lipinski definition) is 3. The molecule has 62 heavy (non-hydrogen) atoms. The summed E-state index contributed by atoms with van der Waals surface area (Å²) in [5.41, 5.74) is 21.5. The molecule has 3 heterocycles. The molecule has 0 saturated heterocycles. The van der Waals surface area contributed by atoms with E-state index in [4.69, 9.17) is 0 Å². The number of anilines is 6. The summed E-state index contributed by atoms with van der Waals surface area (Å²) >= 11 is 2.07. The van der Waals surface area contributed by atoms with Gasteiger partial charge in [-0.05, 0) is 169 Å². The molecule has 5 aromatic carbocycles. The zero-order valence-corrected chi connectivity index (χ0v) is 41.3. The smallest absolute Gasteiger partial charge is 0.264 e. The van der Waals surface area contributed by atoms with Gasteiger partial charge in [-0.25, -0.2) is 0 Å². The third-order valence-corrected chi connectivity index (χ3v) is 17.3. The van der Waals surface area contributed by atoms with Crippen molar-refractivity contribution in [2.24, 2.45) is 0 Å². The van der Waals surface area contributed by atoms with Crippen LogP contribution in [0.5, 0.6) is 0 Å². The molecule has 0 amide bonds. The first kappa shape index (κ1) is 41.7. The lowest BCUT2D eigenvalue weighted by Gasteiger charge is -2.45. The van der Waals surface area contributed by atoms with E-state index in [1.165, 1.54) is 119 Å². The summed E-state index contributed by atoms with van der Waals surface area (Å²) in [5.74, 6) is 0. The van der Waals surface area contributed by atoms with Crippen molar-refractivity contribution in [1.82, 2.24) is 0 Å². The fraction of sp³-hybridized carbons (Fsp3) is 0.448. The van der Waals surface area contributed by atoms with Gasteiger partial charge in [-0.15, -0.1) is 11.3 Å². The Hall–Kier alpha value is -4.28. The van der Waals surface area contributed by atoms with Gasteiger partial charge in [-0.2, -0.15) is 0 Å². The molecular weight excluding hydrogens is 768 g/mol. The molecule has 0 fully saturated rings. The van der Waals surface area contributed by atoms with E-state index < -0.39 is 0 Å². The highest BCUT2D eigenvalue weighted by Gasteiger charge is 2.47. The van der Waals surface area contributed by atoms with Crippen LogP contribution in [-0.4, -0.2) is 6.71 Å². The maximum atomic E-state index is 2.74. The molecule has 10 rings (SSSR count). The summed E-state index contributed by atoms with van der Waals surface area (Å²) < 4.78 is 2.89. The third kappa shape index (κ3) is 6.23. The topological polar surface area (TPSA) is 6.48 Å². The second-order valence-corrected chi connectivity index (χ2v) is 25.4. The van der Waals surface area contributed by atoms with Crippen molar-refractivity contribution < 1.29 is 0 Å². The zero-order valence-electron chi connectivity index (χ0n) is 40.5. The molecule has 2 aliphatic carbocycles. The number of nitrogens with zero attached hydrogens (tertiary/aromatic N) is 2. The van der Waals surface area contributed by atoms with E-state index in [0.29, 0.717) is 0 Å². The summed E-state index contributed by atoms with van der Waals surface area (Å²) in [7, 11) is 0. The normalized spacial score (nSPS) is 19.1. The Kier molecular flexibility index (Phi) is 9.01. The van der Waals surface area contributed by atoms with Crippen LogP contribution in [-0.2, 0) is 38.9 Å². The van der Waals surface area contributed by atoms with Crippen LogP contribution >= 0.6 is 11.3 Å². The minimum absolute atomic E-state index is 0.00696. The Bertz CT molecular complexity index is 2820. The number of thiophene rings is 1. The maximum absolute atomic E-state index is 2.74.